The number of nitrogens with zero attached hydrogens (tertiary/aromatic N) is 2. The molecular weight excluding hydrogens is 390 g/mol. The summed E-state index contributed by atoms with van der Waals surface area (Å²) in [5.41, 5.74) is 1.50. The highest BCUT2D eigenvalue weighted by Gasteiger charge is 2.42. The molecule has 2 aliphatic rings. The van der Waals surface area contributed by atoms with Gasteiger partial charge in [0.1, 0.15) is 11.4 Å². The molecule has 0 aliphatic carbocycles. The molecule has 29 heavy (non-hydrogen) atoms. The van der Waals surface area contributed by atoms with E-state index in [0.29, 0.717) is 23.4 Å². The Morgan fingerprint density at radius 1 is 1.21 bits per heavy atom. The summed E-state index contributed by atoms with van der Waals surface area (Å²) in [6, 6.07) is 10.8. The molecule has 0 saturated carbocycles. The van der Waals surface area contributed by atoms with Gasteiger partial charge >= 0.3 is 0 Å². The highest BCUT2D eigenvalue weighted by Crippen LogP contribution is 2.40. The van der Waals surface area contributed by atoms with Crippen molar-refractivity contribution in [2.75, 3.05) is 30.6 Å². The fraction of sp³-hybridized carbons (Fsp3) is 0.429. The molecule has 1 fully saturated rings. The lowest BCUT2D eigenvalue weighted by Gasteiger charge is -2.44. The van der Waals surface area contributed by atoms with E-state index < -0.39 is 15.6 Å². The molecule has 0 atom stereocenters. The van der Waals surface area contributed by atoms with E-state index >= 15 is 0 Å². The van der Waals surface area contributed by atoms with Gasteiger partial charge in [-0.15, -0.1) is 0 Å². The predicted octanol–water partition coefficient (Wildman–Crippen LogP) is 2.50. The summed E-state index contributed by atoms with van der Waals surface area (Å²) in [5.74, 6) is 0.524. The number of sulfonamides is 1. The monoisotopic (exact) mass is 415 g/mol. The van der Waals surface area contributed by atoms with E-state index in [9.17, 15) is 13.2 Å². The summed E-state index contributed by atoms with van der Waals surface area (Å²) in [5, 5.41) is 0. The summed E-state index contributed by atoms with van der Waals surface area (Å²) in [6.45, 7) is 2.65. The first-order valence-electron chi connectivity index (χ1n) is 9.78. The molecule has 1 aromatic heterocycles. The van der Waals surface area contributed by atoms with Crippen LogP contribution in [0, 0.1) is 0 Å². The number of ether oxygens (including phenoxy) is 1. The number of aromatic nitrogens is 1. The van der Waals surface area contributed by atoms with Gasteiger partial charge in [0, 0.05) is 56.9 Å². The van der Waals surface area contributed by atoms with Crippen LogP contribution in [0.25, 0.3) is 0 Å². The maximum absolute atomic E-state index is 12.7. The van der Waals surface area contributed by atoms with Crippen molar-refractivity contribution in [2.24, 2.45) is 0 Å². The van der Waals surface area contributed by atoms with Crippen LogP contribution in [0.15, 0.2) is 42.6 Å². The molecular formula is C21H25N3O4S. The van der Waals surface area contributed by atoms with Gasteiger partial charge in [-0.1, -0.05) is 6.07 Å². The minimum absolute atomic E-state index is 0.0547. The number of likely N-dealkylation sites (tertiary alicyclic amines) is 1. The number of fused-ring (bicyclic) bond motifs is 1. The van der Waals surface area contributed by atoms with Gasteiger partial charge in [0.05, 0.1) is 23.9 Å². The van der Waals surface area contributed by atoms with E-state index in [0.717, 1.165) is 50.8 Å². The standard InChI is InChI=1S/C21H25N3O4S/c1-29(26,27)23-17-5-6-18-19(25)15-21(28-20(18)14-17)8-12-24(13-9-21)11-7-16-4-2-3-10-22-16/h2-6,10,14,23H,7-9,11-13,15H2,1H3. The van der Waals surface area contributed by atoms with Crippen LogP contribution >= 0.6 is 0 Å². The summed E-state index contributed by atoms with van der Waals surface area (Å²) in [6.07, 6.45) is 5.71. The van der Waals surface area contributed by atoms with Gasteiger partial charge in [-0.2, -0.15) is 0 Å². The second-order valence-corrected chi connectivity index (χ2v) is 9.63. The Morgan fingerprint density at radius 3 is 2.69 bits per heavy atom. The van der Waals surface area contributed by atoms with Crippen LogP contribution in [0.4, 0.5) is 5.69 Å². The smallest absolute Gasteiger partial charge is 0.229 e. The Morgan fingerprint density at radius 2 is 2.00 bits per heavy atom. The third-order valence-electron chi connectivity index (χ3n) is 5.57. The van der Waals surface area contributed by atoms with Crippen molar-refractivity contribution in [3.8, 4) is 5.75 Å². The first kappa shape index (κ1) is 19.8. The zero-order valence-electron chi connectivity index (χ0n) is 16.4. The van der Waals surface area contributed by atoms with E-state index in [2.05, 4.69) is 14.6 Å². The van der Waals surface area contributed by atoms with Gasteiger partial charge in [-0.25, -0.2) is 8.42 Å². The number of piperidine rings is 1. The summed E-state index contributed by atoms with van der Waals surface area (Å²) in [4.78, 5) is 19.5. The van der Waals surface area contributed by atoms with Gasteiger partial charge < -0.3 is 9.64 Å². The van der Waals surface area contributed by atoms with E-state index in [-0.39, 0.29) is 5.78 Å². The Hall–Kier alpha value is -2.45. The average molecular weight is 416 g/mol. The second kappa shape index (κ2) is 7.76. The number of carbonyl (C=O) groups is 1. The van der Waals surface area contributed by atoms with Crippen LogP contribution in [0.3, 0.4) is 0 Å². The molecule has 1 saturated heterocycles. The predicted molar refractivity (Wildman–Crippen MR) is 111 cm³/mol. The molecule has 0 bridgehead atoms. The maximum Gasteiger partial charge on any atom is 0.229 e. The number of anilines is 1. The Kier molecular flexibility index (Phi) is 5.31. The van der Waals surface area contributed by atoms with Crippen molar-refractivity contribution >= 4 is 21.5 Å². The van der Waals surface area contributed by atoms with E-state index in [1.54, 1.807) is 18.2 Å². The first-order chi connectivity index (χ1) is 13.8. The Bertz CT molecular complexity index is 1000. The van der Waals surface area contributed by atoms with Crippen LogP contribution in [-0.4, -0.2) is 55.6 Å². The normalized spacial score (nSPS) is 18.9. The van der Waals surface area contributed by atoms with Crippen molar-refractivity contribution in [3.05, 3.63) is 53.9 Å². The van der Waals surface area contributed by atoms with Crippen LogP contribution in [0.5, 0.6) is 5.75 Å². The van der Waals surface area contributed by atoms with E-state index in [1.165, 1.54) is 0 Å². The van der Waals surface area contributed by atoms with Crippen molar-refractivity contribution in [1.82, 2.24) is 9.88 Å². The van der Waals surface area contributed by atoms with Crippen LogP contribution in [-0.2, 0) is 16.4 Å². The van der Waals surface area contributed by atoms with Gasteiger partial charge in [0.2, 0.25) is 10.0 Å². The molecule has 154 valence electrons. The maximum atomic E-state index is 12.7. The quantitative estimate of drug-likeness (QED) is 0.807. The Labute approximate surface area is 171 Å². The number of rotatable bonds is 5. The third kappa shape index (κ3) is 4.76. The SMILES string of the molecule is CS(=O)(=O)Nc1ccc2c(c1)OC1(CCN(CCc3ccccn3)CC1)CC2=O. The molecule has 0 unspecified atom stereocenters. The molecule has 2 aliphatic heterocycles. The largest absolute Gasteiger partial charge is 0.486 e. The molecule has 8 heteroatoms. The third-order valence-corrected chi connectivity index (χ3v) is 6.18. The summed E-state index contributed by atoms with van der Waals surface area (Å²) < 4.78 is 31.7. The highest BCUT2D eigenvalue weighted by molar-refractivity contribution is 7.92. The molecule has 1 aromatic carbocycles. The number of Topliss-reactive ketones (excluding diaryl/α,β-unsaturated/α-hetero) is 1. The van der Waals surface area contributed by atoms with Crippen LogP contribution < -0.4 is 9.46 Å². The van der Waals surface area contributed by atoms with Gasteiger partial charge in [0.15, 0.2) is 5.78 Å². The first-order valence-corrected chi connectivity index (χ1v) is 11.7. The van der Waals surface area contributed by atoms with Gasteiger partial charge in [-0.3, -0.25) is 14.5 Å². The van der Waals surface area contributed by atoms with E-state index in [4.69, 9.17) is 4.74 Å². The molecule has 3 heterocycles. The minimum Gasteiger partial charge on any atom is -0.486 e. The zero-order valence-corrected chi connectivity index (χ0v) is 17.2. The minimum atomic E-state index is -3.39. The molecule has 0 amide bonds. The number of carbonyl (C=O) groups excluding carboxylic acids is 1. The van der Waals surface area contributed by atoms with Crippen LogP contribution in [0.1, 0.15) is 35.3 Å². The molecule has 1 N–H and O–H groups in total. The number of pyridine rings is 1. The zero-order chi connectivity index (χ0) is 20.5. The van der Waals surface area contributed by atoms with Crippen molar-refractivity contribution in [1.29, 1.82) is 0 Å². The van der Waals surface area contributed by atoms with Crippen molar-refractivity contribution < 1.29 is 17.9 Å². The molecule has 7 nitrogen and oxygen atoms in total. The second-order valence-electron chi connectivity index (χ2n) is 7.88. The summed E-state index contributed by atoms with van der Waals surface area (Å²) in [7, 11) is -3.39. The van der Waals surface area contributed by atoms with E-state index in [1.807, 2.05) is 24.4 Å². The number of benzene rings is 1. The molecule has 1 spiro atoms. The summed E-state index contributed by atoms with van der Waals surface area (Å²) >= 11 is 0. The van der Waals surface area contributed by atoms with Gasteiger partial charge in [-0.05, 0) is 24.3 Å². The highest BCUT2D eigenvalue weighted by atomic mass is 32.2. The van der Waals surface area contributed by atoms with Crippen molar-refractivity contribution in [3.63, 3.8) is 0 Å². The molecule has 4 rings (SSSR count). The topological polar surface area (TPSA) is 88.6 Å². The number of hydrogen-bond donors (Lipinski definition) is 1. The number of ketones is 1. The fourth-order valence-electron chi connectivity index (χ4n) is 4.05. The van der Waals surface area contributed by atoms with Gasteiger partial charge in [0.25, 0.3) is 0 Å². The molecule has 2 aromatic rings. The number of hydrogen-bond acceptors (Lipinski definition) is 6. The lowest BCUT2D eigenvalue weighted by atomic mass is 9.82. The Balaban J connectivity index is 1.42. The fourth-order valence-corrected chi connectivity index (χ4v) is 4.61. The van der Waals surface area contributed by atoms with Crippen molar-refractivity contribution in [2.45, 2.75) is 31.3 Å². The lowest BCUT2D eigenvalue weighted by molar-refractivity contribution is -0.00864. The van der Waals surface area contributed by atoms with Crippen LogP contribution in [0.2, 0.25) is 0 Å². The lowest BCUT2D eigenvalue weighted by Crippen LogP contribution is -2.51. The number of nitrogens with one attached hydrogen (secondary N) is 1. The molecule has 0 radical (unpaired) electrons. The average Bonchev–Trinajstić information content (AvgIpc) is 2.67.